The van der Waals surface area contributed by atoms with Crippen LogP contribution in [0, 0.1) is 20.8 Å². The molecule has 2 aliphatic heterocycles. The van der Waals surface area contributed by atoms with Crippen LogP contribution in [0.15, 0.2) is 17.0 Å². The predicted molar refractivity (Wildman–Crippen MR) is 118 cm³/mol. The number of rotatable bonds is 7. The third-order valence-corrected chi connectivity index (χ3v) is 7.77. The van der Waals surface area contributed by atoms with E-state index in [1.165, 1.54) is 4.31 Å². The standard InChI is InChI=1S/C21H32N4O6S/c1-15-12-16(2)19(17(3)13-15)32(28,29)25-8-11-31-18(25)14-23-21(27)20(26)22-4-5-24-6-9-30-10-7-24/h12-13,18H,4-11,14H2,1-3H3,(H,22,26)(H,23,27)/t18-/m1/s1. The van der Waals surface area contributed by atoms with Crippen molar-refractivity contribution < 1.29 is 27.5 Å². The molecule has 0 saturated carbocycles. The summed E-state index contributed by atoms with van der Waals surface area (Å²) in [7, 11) is -3.82. The summed E-state index contributed by atoms with van der Waals surface area (Å²) in [5, 5.41) is 5.08. The fraction of sp³-hybridized carbons (Fsp3) is 0.619. The first-order valence-corrected chi connectivity index (χ1v) is 12.2. The Morgan fingerprint density at radius 2 is 1.62 bits per heavy atom. The van der Waals surface area contributed by atoms with Gasteiger partial charge in [-0.05, 0) is 31.9 Å². The molecule has 32 heavy (non-hydrogen) atoms. The number of amides is 2. The van der Waals surface area contributed by atoms with Gasteiger partial charge in [-0.25, -0.2) is 8.42 Å². The van der Waals surface area contributed by atoms with Crippen molar-refractivity contribution in [3.8, 4) is 0 Å². The lowest BCUT2D eigenvalue weighted by atomic mass is 10.1. The van der Waals surface area contributed by atoms with E-state index in [4.69, 9.17) is 9.47 Å². The minimum atomic E-state index is -3.82. The molecule has 178 valence electrons. The number of nitrogens with one attached hydrogen (secondary N) is 2. The zero-order chi connectivity index (χ0) is 23.3. The van der Waals surface area contributed by atoms with E-state index in [0.717, 1.165) is 18.7 Å². The first kappa shape index (κ1) is 24.6. The Morgan fingerprint density at radius 1 is 1.00 bits per heavy atom. The van der Waals surface area contributed by atoms with Crippen molar-refractivity contribution >= 4 is 21.8 Å². The number of hydrogen-bond donors (Lipinski definition) is 2. The first-order chi connectivity index (χ1) is 15.2. The minimum absolute atomic E-state index is 0.112. The Kier molecular flexibility index (Phi) is 8.23. The molecule has 10 nitrogen and oxygen atoms in total. The average molecular weight is 469 g/mol. The van der Waals surface area contributed by atoms with Gasteiger partial charge >= 0.3 is 11.8 Å². The molecule has 2 saturated heterocycles. The number of benzene rings is 1. The van der Waals surface area contributed by atoms with Gasteiger partial charge in [-0.2, -0.15) is 4.31 Å². The van der Waals surface area contributed by atoms with Crippen molar-refractivity contribution in [1.82, 2.24) is 19.8 Å². The van der Waals surface area contributed by atoms with Crippen LogP contribution in [-0.2, 0) is 29.1 Å². The van der Waals surface area contributed by atoms with Crippen LogP contribution in [0.2, 0.25) is 0 Å². The van der Waals surface area contributed by atoms with Crippen LogP contribution in [-0.4, -0.2) is 94.8 Å². The van der Waals surface area contributed by atoms with E-state index < -0.39 is 28.1 Å². The molecule has 0 aromatic heterocycles. The van der Waals surface area contributed by atoms with Crippen LogP contribution < -0.4 is 10.6 Å². The van der Waals surface area contributed by atoms with Gasteiger partial charge < -0.3 is 20.1 Å². The Labute approximate surface area is 189 Å². The molecule has 0 bridgehead atoms. The van der Waals surface area contributed by atoms with Crippen molar-refractivity contribution in [1.29, 1.82) is 0 Å². The van der Waals surface area contributed by atoms with Gasteiger partial charge in [0.2, 0.25) is 10.0 Å². The lowest BCUT2D eigenvalue weighted by Gasteiger charge is -2.26. The van der Waals surface area contributed by atoms with E-state index in [-0.39, 0.29) is 24.6 Å². The quantitative estimate of drug-likeness (QED) is 0.519. The Bertz CT molecular complexity index is 923. The van der Waals surface area contributed by atoms with Gasteiger partial charge in [-0.1, -0.05) is 17.7 Å². The number of morpholine rings is 1. The van der Waals surface area contributed by atoms with Crippen molar-refractivity contribution in [2.24, 2.45) is 0 Å². The highest BCUT2D eigenvalue weighted by molar-refractivity contribution is 7.89. The molecule has 3 rings (SSSR count). The number of ether oxygens (including phenoxy) is 2. The highest BCUT2D eigenvalue weighted by Crippen LogP contribution is 2.28. The average Bonchev–Trinajstić information content (AvgIpc) is 3.21. The summed E-state index contributed by atoms with van der Waals surface area (Å²) >= 11 is 0. The van der Waals surface area contributed by atoms with Gasteiger partial charge in [-0.3, -0.25) is 14.5 Å². The molecule has 0 spiro atoms. The maximum absolute atomic E-state index is 13.3. The molecule has 2 aliphatic rings. The minimum Gasteiger partial charge on any atom is -0.379 e. The van der Waals surface area contributed by atoms with E-state index in [1.54, 1.807) is 13.8 Å². The molecule has 0 radical (unpaired) electrons. The molecular weight excluding hydrogens is 436 g/mol. The van der Waals surface area contributed by atoms with Gasteiger partial charge in [0.1, 0.15) is 6.23 Å². The second kappa shape index (κ2) is 10.7. The van der Waals surface area contributed by atoms with Crippen molar-refractivity contribution in [3.63, 3.8) is 0 Å². The molecule has 2 heterocycles. The monoisotopic (exact) mass is 468 g/mol. The Balaban J connectivity index is 1.54. The van der Waals surface area contributed by atoms with Crippen LogP contribution in [0.1, 0.15) is 16.7 Å². The number of sulfonamides is 1. The van der Waals surface area contributed by atoms with Crippen molar-refractivity contribution in [2.75, 3.05) is 59.1 Å². The second-order valence-electron chi connectivity index (χ2n) is 8.09. The van der Waals surface area contributed by atoms with Crippen LogP contribution in [0.5, 0.6) is 0 Å². The zero-order valence-electron chi connectivity index (χ0n) is 18.8. The lowest BCUT2D eigenvalue weighted by molar-refractivity contribution is -0.139. The summed E-state index contributed by atoms with van der Waals surface area (Å²) in [6.45, 7) is 9.64. The van der Waals surface area contributed by atoms with Gasteiger partial charge in [0.15, 0.2) is 0 Å². The fourth-order valence-electron chi connectivity index (χ4n) is 4.13. The Morgan fingerprint density at radius 3 is 2.28 bits per heavy atom. The SMILES string of the molecule is Cc1cc(C)c(S(=O)(=O)N2CCO[C@@H]2CNC(=O)C(=O)NCCN2CCOCC2)c(C)c1. The van der Waals surface area contributed by atoms with Crippen molar-refractivity contribution in [2.45, 2.75) is 31.9 Å². The van der Waals surface area contributed by atoms with Crippen molar-refractivity contribution in [3.05, 3.63) is 28.8 Å². The van der Waals surface area contributed by atoms with Crippen LogP contribution in [0.4, 0.5) is 0 Å². The van der Waals surface area contributed by atoms with Gasteiger partial charge in [0, 0.05) is 32.7 Å². The molecule has 0 aliphatic carbocycles. The van der Waals surface area contributed by atoms with Gasteiger partial charge in [0.25, 0.3) is 0 Å². The number of aryl methyl sites for hydroxylation is 3. The van der Waals surface area contributed by atoms with E-state index in [0.29, 0.717) is 37.4 Å². The normalized spacial score (nSPS) is 20.3. The molecule has 1 aromatic rings. The fourth-order valence-corrected chi connectivity index (χ4v) is 6.05. The molecule has 11 heteroatoms. The number of nitrogens with zero attached hydrogens (tertiary/aromatic N) is 2. The van der Waals surface area contributed by atoms with E-state index in [9.17, 15) is 18.0 Å². The molecule has 1 aromatic carbocycles. The molecular formula is C21H32N4O6S. The lowest BCUT2D eigenvalue weighted by Crippen LogP contribution is -2.48. The van der Waals surface area contributed by atoms with Crippen LogP contribution >= 0.6 is 0 Å². The molecule has 1 atom stereocenters. The largest absolute Gasteiger partial charge is 0.379 e. The predicted octanol–water partition coefficient (Wildman–Crippen LogP) is -0.477. The van der Waals surface area contributed by atoms with Gasteiger partial charge in [0.05, 0.1) is 31.3 Å². The summed E-state index contributed by atoms with van der Waals surface area (Å²) in [6.07, 6.45) is -0.870. The molecule has 0 unspecified atom stereocenters. The maximum atomic E-state index is 13.3. The number of carbonyl (C=O) groups excluding carboxylic acids is 2. The summed E-state index contributed by atoms with van der Waals surface area (Å²) < 4.78 is 38.7. The van der Waals surface area contributed by atoms with E-state index >= 15 is 0 Å². The maximum Gasteiger partial charge on any atom is 0.309 e. The number of hydrogen-bond acceptors (Lipinski definition) is 7. The third kappa shape index (κ3) is 5.84. The molecule has 2 amide bonds. The Hall–Kier alpha value is -2.05. The van der Waals surface area contributed by atoms with E-state index in [1.807, 2.05) is 19.1 Å². The topological polar surface area (TPSA) is 117 Å². The molecule has 2 N–H and O–H groups in total. The van der Waals surface area contributed by atoms with Crippen LogP contribution in [0.25, 0.3) is 0 Å². The highest BCUT2D eigenvalue weighted by Gasteiger charge is 2.38. The second-order valence-corrected chi connectivity index (χ2v) is 9.92. The summed E-state index contributed by atoms with van der Waals surface area (Å²) in [6, 6.07) is 3.66. The third-order valence-electron chi connectivity index (χ3n) is 5.58. The number of carbonyl (C=O) groups is 2. The molecule has 2 fully saturated rings. The summed E-state index contributed by atoms with van der Waals surface area (Å²) in [4.78, 5) is 26.6. The smallest absolute Gasteiger partial charge is 0.309 e. The first-order valence-electron chi connectivity index (χ1n) is 10.8. The van der Waals surface area contributed by atoms with Crippen LogP contribution in [0.3, 0.4) is 0 Å². The van der Waals surface area contributed by atoms with Gasteiger partial charge in [-0.15, -0.1) is 0 Å². The summed E-state index contributed by atoms with van der Waals surface area (Å²) in [5.41, 5.74) is 2.31. The zero-order valence-corrected chi connectivity index (χ0v) is 19.7. The van der Waals surface area contributed by atoms with E-state index in [2.05, 4.69) is 15.5 Å². The highest BCUT2D eigenvalue weighted by atomic mass is 32.2. The summed E-state index contributed by atoms with van der Waals surface area (Å²) in [5.74, 6) is -1.57.